The first-order valence-corrected chi connectivity index (χ1v) is 4.80. The highest BCUT2D eigenvalue weighted by Crippen LogP contribution is 2.12. The maximum absolute atomic E-state index is 10.7. The van der Waals surface area contributed by atoms with Crippen LogP contribution in [0.5, 0.6) is 0 Å². The highest BCUT2D eigenvalue weighted by Gasteiger charge is 2.24. The van der Waals surface area contributed by atoms with E-state index in [-0.39, 0.29) is 17.5 Å². The first-order chi connectivity index (χ1) is 5.80. The summed E-state index contributed by atoms with van der Waals surface area (Å²) in [7, 11) is 0. The van der Waals surface area contributed by atoms with Crippen LogP contribution in [0.25, 0.3) is 0 Å². The van der Waals surface area contributed by atoms with Crippen LogP contribution in [-0.4, -0.2) is 22.7 Å². The van der Waals surface area contributed by atoms with E-state index in [0.29, 0.717) is 0 Å². The number of hydrogen-bond donors (Lipinski definition) is 2. The molecule has 3 nitrogen and oxygen atoms in total. The first kappa shape index (κ1) is 12.4. The van der Waals surface area contributed by atoms with E-state index in [2.05, 4.69) is 26.1 Å². The van der Waals surface area contributed by atoms with Crippen molar-refractivity contribution in [3.8, 4) is 0 Å². The van der Waals surface area contributed by atoms with Crippen LogP contribution in [0.4, 0.5) is 0 Å². The summed E-state index contributed by atoms with van der Waals surface area (Å²) in [5.41, 5.74) is 0.0170. The topological polar surface area (TPSA) is 49.3 Å². The molecule has 2 atom stereocenters. The first-order valence-electron chi connectivity index (χ1n) is 4.80. The minimum Gasteiger partial charge on any atom is -0.481 e. The van der Waals surface area contributed by atoms with E-state index in [4.69, 9.17) is 5.11 Å². The Morgan fingerprint density at radius 3 is 2.23 bits per heavy atom. The van der Waals surface area contributed by atoms with Crippen LogP contribution in [0.15, 0.2) is 0 Å². The highest BCUT2D eigenvalue weighted by atomic mass is 16.4. The van der Waals surface area contributed by atoms with Gasteiger partial charge in [0.25, 0.3) is 0 Å². The lowest BCUT2D eigenvalue weighted by Crippen LogP contribution is -2.48. The lowest BCUT2D eigenvalue weighted by molar-refractivity contribution is -0.142. The van der Waals surface area contributed by atoms with Crippen molar-refractivity contribution in [3.05, 3.63) is 0 Å². The van der Waals surface area contributed by atoms with E-state index in [0.717, 1.165) is 6.42 Å². The van der Waals surface area contributed by atoms with Crippen LogP contribution < -0.4 is 5.32 Å². The van der Waals surface area contributed by atoms with Gasteiger partial charge in [-0.3, -0.25) is 4.79 Å². The van der Waals surface area contributed by atoms with Gasteiger partial charge in [0, 0.05) is 11.6 Å². The van der Waals surface area contributed by atoms with Crippen molar-refractivity contribution >= 4 is 5.97 Å². The molecule has 0 saturated heterocycles. The van der Waals surface area contributed by atoms with Gasteiger partial charge in [0.1, 0.15) is 0 Å². The van der Waals surface area contributed by atoms with E-state index >= 15 is 0 Å². The molecule has 0 spiro atoms. The fourth-order valence-corrected chi connectivity index (χ4v) is 1.06. The van der Waals surface area contributed by atoms with Gasteiger partial charge in [0.2, 0.25) is 0 Å². The van der Waals surface area contributed by atoms with Gasteiger partial charge in [-0.25, -0.2) is 0 Å². The van der Waals surface area contributed by atoms with Crippen LogP contribution in [0, 0.1) is 5.92 Å². The minimum absolute atomic E-state index is 0.00690. The predicted octanol–water partition coefficient (Wildman–Crippen LogP) is 1.87. The van der Waals surface area contributed by atoms with E-state index in [1.54, 1.807) is 6.92 Å². The van der Waals surface area contributed by atoms with Crippen LogP contribution >= 0.6 is 0 Å². The average molecular weight is 187 g/mol. The second-order valence-corrected chi connectivity index (χ2v) is 4.30. The Morgan fingerprint density at radius 1 is 1.46 bits per heavy atom. The Bertz CT molecular complexity index is 178. The largest absolute Gasteiger partial charge is 0.481 e. The number of carboxylic acids is 1. The summed E-state index contributed by atoms with van der Waals surface area (Å²) in [6, 6.07) is 0.00690. The quantitative estimate of drug-likeness (QED) is 0.691. The Hall–Kier alpha value is -0.570. The van der Waals surface area contributed by atoms with Crippen molar-refractivity contribution < 1.29 is 9.90 Å². The molecular weight excluding hydrogens is 166 g/mol. The minimum atomic E-state index is -0.744. The Morgan fingerprint density at radius 2 is 1.92 bits per heavy atom. The second-order valence-electron chi connectivity index (χ2n) is 4.30. The van der Waals surface area contributed by atoms with Gasteiger partial charge in [-0.2, -0.15) is 0 Å². The maximum atomic E-state index is 10.7. The zero-order valence-corrected chi connectivity index (χ0v) is 9.22. The third kappa shape index (κ3) is 4.27. The molecule has 0 bridgehead atoms. The molecule has 0 radical (unpaired) electrons. The number of carboxylic acid groups (broad SMARTS) is 1. The number of rotatable bonds is 5. The molecule has 0 amide bonds. The van der Waals surface area contributed by atoms with E-state index < -0.39 is 5.97 Å². The van der Waals surface area contributed by atoms with Gasteiger partial charge in [-0.1, -0.05) is 13.8 Å². The van der Waals surface area contributed by atoms with Gasteiger partial charge in [-0.05, 0) is 27.2 Å². The maximum Gasteiger partial charge on any atom is 0.307 e. The molecule has 2 unspecified atom stereocenters. The highest BCUT2D eigenvalue weighted by molar-refractivity contribution is 5.70. The summed E-state index contributed by atoms with van der Waals surface area (Å²) in [5.74, 6) is -1.09. The van der Waals surface area contributed by atoms with Crippen LogP contribution in [0.2, 0.25) is 0 Å². The second kappa shape index (κ2) is 4.61. The summed E-state index contributed by atoms with van der Waals surface area (Å²) < 4.78 is 0. The molecular formula is C10H21NO2. The molecule has 0 aliphatic heterocycles. The summed E-state index contributed by atoms with van der Waals surface area (Å²) in [6.45, 7) is 9.89. The zero-order valence-electron chi connectivity index (χ0n) is 9.22. The normalized spacial score (nSPS) is 16.7. The van der Waals surface area contributed by atoms with Crippen molar-refractivity contribution in [1.82, 2.24) is 5.32 Å². The van der Waals surface area contributed by atoms with Crippen molar-refractivity contribution in [1.29, 1.82) is 0 Å². The van der Waals surface area contributed by atoms with Crippen molar-refractivity contribution in [2.24, 2.45) is 5.92 Å². The fraction of sp³-hybridized carbons (Fsp3) is 0.900. The van der Waals surface area contributed by atoms with Crippen molar-refractivity contribution in [2.75, 3.05) is 0 Å². The van der Waals surface area contributed by atoms with Crippen molar-refractivity contribution in [3.63, 3.8) is 0 Å². The van der Waals surface area contributed by atoms with Crippen LogP contribution in [-0.2, 0) is 4.79 Å². The summed E-state index contributed by atoms with van der Waals surface area (Å²) >= 11 is 0. The van der Waals surface area contributed by atoms with E-state index in [1.165, 1.54) is 0 Å². The molecule has 0 aromatic rings. The van der Waals surface area contributed by atoms with E-state index in [9.17, 15) is 4.79 Å². The third-order valence-corrected chi connectivity index (χ3v) is 2.64. The van der Waals surface area contributed by atoms with Gasteiger partial charge < -0.3 is 10.4 Å². The SMILES string of the molecule is CCC(C)(C)NC(C)C(C)C(=O)O. The lowest BCUT2D eigenvalue weighted by atomic mass is 9.96. The van der Waals surface area contributed by atoms with Gasteiger partial charge in [0.15, 0.2) is 0 Å². The standard InChI is InChI=1S/C10H21NO2/c1-6-10(4,5)11-8(3)7(2)9(12)13/h7-8,11H,6H2,1-5H3,(H,12,13). The molecule has 0 fully saturated rings. The van der Waals surface area contributed by atoms with Gasteiger partial charge >= 0.3 is 5.97 Å². The molecule has 13 heavy (non-hydrogen) atoms. The van der Waals surface area contributed by atoms with Gasteiger partial charge in [0.05, 0.1) is 5.92 Å². The molecule has 0 aliphatic carbocycles. The molecule has 3 heteroatoms. The van der Waals surface area contributed by atoms with Gasteiger partial charge in [-0.15, -0.1) is 0 Å². The molecule has 0 rings (SSSR count). The summed E-state index contributed by atoms with van der Waals surface area (Å²) in [4.78, 5) is 10.7. The number of carbonyl (C=O) groups is 1. The number of aliphatic carboxylic acids is 1. The molecule has 0 aromatic heterocycles. The Kier molecular flexibility index (Phi) is 4.40. The molecule has 0 saturated carbocycles. The number of hydrogen-bond acceptors (Lipinski definition) is 2. The molecule has 2 N–H and O–H groups in total. The van der Waals surface area contributed by atoms with Crippen molar-refractivity contribution in [2.45, 2.75) is 52.6 Å². The summed E-state index contributed by atoms with van der Waals surface area (Å²) in [6.07, 6.45) is 0.990. The smallest absolute Gasteiger partial charge is 0.307 e. The molecule has 0 aromatic carbocycles. The molecule has 0 aliphatic rings. The Labute approximate surface area is 80.5 Å². The van der Waals surface area contributed by atoms with Crippen LogP contribution in [0.1, 0.15) is 41.0 Å². The predicted molar refractivity (Wildman–Crippen MR) is 53.8 cm³/mol. The summed E-state index contributed by atoms with van der Waals surface area (Å²) in [5, 5.41) is 12.1. The molecule has 78 valence electrons. The Balaban J connectivity index is 4.14. The lowest BCUT2D eigenvalue weighted by Gasteiger charge is -2.30. The zero-order chi connectivity index (χ0) is 10.6. The fourth-order valence-electron chi connectivity index (χ4n) is 1.06. The average Bonchev–Trinajstić information content (AvgIpc) is 2.02. The van der Waals surface area contributed by atoms with Crippen LogP contribution in [0.3, 0.4) is 0 Å². The molecule has 0 heterocycles. The van der Waals surface area contributed by atoms with E-state index in [1.807, 2.05) is 6.92 Å². The number of nitrogens with one attached hydrogen (secondary N) is 1. The monoisotopic (exact) mass is 187 g/mol. The third-order valence-electron chi connectivity index (χ3n) is 2.64.